The molecule has 1 heterocycles. The second-order valence-corrected chi connectivity index (χ2v) is 5.84. The Kier molecular flexibility index (Phi) is 5.40. The van der Waals surface area contributed by atoms with Crippen LogP contribution in [-0.4, -0.2) is 32.2 Å². The van der Waals surface area contributed by atoms with E-state index in [0.717, 1.165) is 18.8 Å². The van der Waals surface area contributed by atoms with Crippen molar-refractivity contribution in [3.05, 3.63) is 18.3 Å². The zero-order valence-corrected chi connectivity index (χ0v) is 12.0. The van der Waals surface area contributed by atoms with Crippen LogP contribution in [0.4, 0.5) is 11.5 Å². The van der Waals surface area contributed by atoms with Gasteiger partial charge in [-0.2, -0.15) is 0 Å². The summed E-state index contributed by atoms with van der Waals surface area (Å²) in [7, 11) is -3.26. The molecule has 6 heteroatoms. The van der Waals surface area contributed by atoms with Gasteiger partial charge >= 0.3 is 0 Å². The molecule has 0 aromatic carbocycles. The fraction of sp³-hybridized carbons (Fsp3) is 0.583. The standard InChI is InChI=1S/C12H21N3O2S/c1-4-9-18(16,17)14-12-8-7-11(10-13-12)15(5-2)6-3/h7-8,10H,4-6,9H2,1-3H3,(H,13,14). The van der Waals surface area contributed by atoms with Gasteiger partial charge in [-0.25, -0.2) is 13.4 Å². The summed E-state index contributed by atoms with van der Waals surface area (Å²) in [6.07, 6.45) is 2.28. The van der Waals surface area contributed by atoms with Gasteiger partial charge in [0, 0.05) is 13.1 Å². The number of anilines is 2. The SMILES string of the molecule is CCCS(=O)(=O)Nc1ccc(N(CC)CC)cn1. The molecule has 0 aliphatic rings. The molecule has 0 aliphatic carbocycles. The van der Waals surface area contributed by atoms with Crippen molar-refractivity contribution in [1.82, 2.24) is 4.98 Å². The Labute approximate surface area is 109 Å². The van der Waals surface area contributed by atoms with Crippen LogP contribution in [0, 0.1) is 0 Å². The molecule has 0 saturated carbocycles. The first-order valence-electron chi connectivity index (χ1n) is 6.23. The molecule has 1 N–H and O–H groups in total. The zero-order valence-electron chi connectivity index (χ0n) is 11.2. The fourth-order valence-corrected chi connectivity index (χ4v) is 2.78. The molecule has 102 valence electrons. The smallest absolute Gasteiger partial charge is 0.233 e. The molecule has 1 aromatic heterocycles. The van der Waals surface area contributed by atoms with Crippen LogP contribution in [0.3, 0.4) is 0 Å². The van der Waals surface area contributed by atoms with Gasteiger partial charge in [-0.3, -0.25) is 4.72 Å². The lowest BCUT2D eigenvalue weighted by Crippen LogP contribution is -2.22. The number of aromatic nitrogens is 1. The average molecular weight is 271 g/mol. The van der Waals surface area contributed by atoms with Crippen LogP contribution in [0.2, 0.25) is 0 Å². The minimum absolute atomic E-state index is 0.118. The Morgan fingerprint density at radius 2 is 1.89 bits per heavy atom. The predicted octanol–water partition coefficient (Wildman–Crippen LogP) is 2.08. The van der Waals surface area contributed by atoms with Crippen molar-refractivity contribution in [2.75, 3.05) is 28.5 Å². The summed E-state index contributed by atoms with van der Waals surface area (Å²) in [5.41, 5.74) is 0.999. The summed E-state index contributed by atoms with van der Waals surface area (Å²) in [6, 6.07) is 3.57. The molecule has 5 nitrogen and oxygen atoms in total. The van der Waals surface area contributed by atoms with Crippen molar-refractivity contribution < 1.29 is 8.42 Å². The third-order valence-electron chi connectivity index (χ3n) is 2.61. The van der Waals surface area contributed by atoms with Crippen molar-refractivity contribution in [3.63, 3.8) is 0 Å². The number of nitrogens with one attached hydrogen (secondary N) is 1. The number of sulfonamides is 1. The molecule has 0 bridgehead atoms. The van der Waals surface area contributed by atoms with E-state index in [0.29, 0.717) is 12.2 Å². The van der Waals surface area contributed by atoms with Gasteiger partial charge in [-0.05, 0) is 32.4 Å². The Balaban J connectivity index is 2.77. The van der Waals surface area contributed by atoms with E-state index < -0.39 is 10.0 Å². The van der Waals surface area contributed by atoms with Crippen LogP contribution in [0.1, 0.15) is 27.2 Å². The summed E-state index contributed by atoms with van der Waals surface area (Å²) >= 11 is 0. The molecule has 1 aromatic rings. The largest absolute Gasteiger partial charge is 0.371 e. The monoisotopic (exact) mass is 271 g/mol. The topological polar surface area (TPSA) is 62.3 Å². The van der Waals surface area contributed by atoms with Crippen molar-refractivity contribution in [2.24, 2.45) is 0 Å². The Morgan fingerprint density at radius 3 is 2.33 bits per heavy atom. The highest BCUT2D eigenvalue weighted by Crippen LogP contribution is 2.15. The molecule has 0 amide bonds. The zero-order chi connectivity index (χ0) is 13.6. The summed E-state index contributed by atoms with van der Waals surface area (Å²) in [4.78, 5) is 6.28. The Bertz CT molecular complexity index is 453. The summed E-state index contributed by atoms with van der Waals surface area (Å²) in [6.45, 7) is 7.77. The Hall–Kier alpha value is -1.30. The predicted molar refractivity (Wildman–Crippen MR) is 75.5 cm³/mol. The number of pyridine rings is 1. The van der Waals surface area contributed by atoms with Gasteiger partial charge in [0.05, 0.1) is 17.6 Å². The molecular weight excluding hydrogens is 250 g/mol. The van der Waals surface area contributed by atoms with Crippen LogP contribution in [0.15, 0.2) is 18.3 Å². The van der Waals surface area contributed by atoms with Gasteiger partial charge in [0.2, 0.25) is 10.0 Å². The van der Waals surface area contributed by atoms with E-state index in [1.807, 2.05) is 13.0 Å². The van der Waals surface area contributed by atoms with E-state index in [-0.39, 0.29) is 5.75 Å². The summed E-state index contributed by atoms with van der Waals surface area (Å²) in [5, 5.41) is 0. The fourth-order valence-electron chi connectivity index (χ4n) is 1.70. The van der Waals surface area contributed by atoms with Crippen molar-refractivity contribution in [3.8, 4) is 0 Å². The van der Waals surface area contributed by atoms with Crippen LogP contribution < -0.4 is 9.62 Å². The first-order valence-corrected chi connectivity index (χ1v) is 7.89. The minimum Gasteiger partial charge on any atom is -0.371 e. The van der Waals surface area contributed by atoms with Gasteiger partial charge in [-0.15, -0.1) is 0 Å². The molecule has 0 fully saturated rings. The lowest BCUT2D eigenvalue weighted by Gasteiger charge is -2.20. The van der Waals surface area contributed by atoms with Gasteiger partial charge < -0.3 is 4.90 Å². The van der Waals surface area contributed by atoms with Crippen molar-refractivity contribution in [1.29, 1.82) is 0 Å². The molecule has 0 saturated heterocycles. The molecule has 0 spiro atoms. The van der Waals surface area contributed by atoms with E-state index in [2.05, 4.69) is 28.5 Å². The van der Waals surface area contributed by atoms with Crippen LogP contribution >= 0.6 is 0 Å². The summed E-state index contributed by atoms with van der Waals surface area (Å²) in [5.74, 6) is 0.492. The van der Waals surface area contributed by atoms with Gasteiger partial charge in [0.15, 0.2) is 0 Å². The highest BCUT2D eigenvalue weighted by molar-refractivity contribution is 7.92. The molecule has 1 rings (SSSR count). The molecular formula is C12H21N3O2S. The molecule has 0 aliphatic heterocycles. The molecule has 0 atom stereocenters. The number of nitrogens with zero attached hydrogens (tertiary/aromatic N) is 2. The lowest BCUT2D eigenvalue weighted by molar-refractivity contribution is 0.599. The highest BCUT2D eigenvalue weighted by Gasteiger charge is 2.10. The van der Waals surface area contributed by atoms with Gasteiger partial charge in [0.1, 0.15) is 5.82 Å². The van der Waals surface area contributed by atoms with E-state index >= 15 is 0 Å². The first-order chi connectivity index (χ1) is 8.52. The average Bonchev–Trinajstić information content (AvgIpc) is 2.32. The van der Waals surface area contributed by atoms with Crippen molar-refractivity contribution >= 4 is 21.5 Å². The third-order valence-corrected chi connectivity index (χ3v) is 4.08. The van der Waals surface area contributed by atoms with E-state index in [9.17, 15) is 8.42 Å². The van der Waals surface area contributed by atoms with Crippen molar-refractivity contribution in [2.45, 2.75) is 27.2 Å². The maximum atomic E-state index is 11.6. The van der Waals surface area contributed by atoms with E-state index in [4.69, 9.17) is 0 Å². The van der Waals surface area contributed by atoms with Gasteiger partial charge in [-0.1, -0.05) is 6.92 Å². The number of hydrogen-bond donors (Lipinski definition) is 1. The minimum atomic E-state index is -3.26. The normalized spacial score (nSPS) is 11.3. The second-order valence-electron chi connectivity index (χ2n) is 3.99. The molecule has 0 unspecified atom stereocenters. The maximum absolute atomic E-state index is 11.6. The number of rotatable bonds is 7. The van der Waals surface area contributed by atoms with E-state index in [1.54, 1.807) is 12.3 Å². The molecule has 18 heavy (non-hydrogen) atoms. The first kappa shape index (κ1) is 14.8. The lowest BCUT2D eigenvalue weighted by atomic mass is 10.3. The quantitative estimate of drug-likeness (QED) is 0.824. The van der Waals surface area contributed by atoms with Crippen LogP contribution in [0.25, 0.3) is 0 Å². The van der Waals surface area contributed by atoms with Crippen LogP contribution in [-0.2, 0) is 10.0 Å². The maximum Gasteiger partial charge on any atom is 0.233 e. The summed E-state index contributed by atoms with van der Waals surface area (Å²) < 4.78 is 25.6. The second kappa shape index (κ2) is 6.58. The molecule has 0 radical (unpaired) electrons. The van der Waals surface area contributed by atoms with Crippen LogP contribution in [0.5, 0.6) is 0 Å². The van der Waals surface area contributed by atoms with E-state index in [1.165, 1.54) is 0 Å². The Morgan fingerprint density at radius 1 is 1.22 bits per heavy atom. The van der Waals surface area contributed by atoms with Gasteiger partial charge in [0.25, 0.3) is 0 Å². The highest BCUT2D eigenvalue weighted by atomic mass is 32.2. The number of hydrogen-bond acceptors (Lipinski definition) is 4. The third kappa shape index (κ3) is 4.18.